The van der Waals surface area contributed by atoms with Gasteiger partial charge in [-0.2, -0.15) is 0 Å². The van der Waals surface area contributed by atoms with Crippen molar-refractivity contribution in [3.05, 3.63) is 45.2 Å². The van der Waals surface area contributed by atoms with Crippen LogP contribution in [0, 0.1) is 0 Å². The molecule has 2 aromatic rings. The molecular weight excluding hydrogens is 336 g/mol. The molecule has 21 heavy (non-hydrogen) atoms. The molecule has 1 aliphatic rings. The molecule has 5 nitrogen and oxygen atoms in total. The van der Waals surface area contributed by atoms with Crippen molar-refractivity contribution >= 4 is 32.7 Å². The van der Waals surface area contributed by atoms with E-state index in [2.05, 4.69) is 15.9 Å². The molecule has 0 spiro atoms. The zero-order valence-electron chi connectivity index (χ0n) is 11.4. The van der Waals surface area contributed by atoms with Crippen LogP contribution in [0.4, 0.5) is 0 Å². The highest BCUT2D eigenvalue weighted by Crippen LogP contribution is 2.17. The summed E-state index contributed by atoms with van der Waals surface area (Å²) in [6, 6.07) is 6.97. The van der Waals surface area contributed by atoms with Crippen molar-refractivity contribution in [2.45, 2.75) is 6.54 Å². The number of rotatable bonds is 2. The Morgan fingerprint density at radius 3 is 2.76 bits per heavy atom. The molecular formula is C15H15BrN2O3. The monoisotopic (exact) mass is 350 g/mol. The number of halogens is 1. The highest BCUT2D eigenvalue weighted by molar-refractivity contribution is 9.10. The lowest BCUT2D eigenvalue weighted by atomic mass is 10.2. The van der Waals surface area contributed by atoms with Crippen LogP contribution in [0.25, 0.3) is 10.9 Å². The van der Waals surface area contributed by atoms with Crippen molar-refractivity contribution in [1.29, 1.82) is 0 Å². The van der Waals surface area contributed by atoms with Crippen LogP contribution in [-0.4, -0.2) is 41.7 Å². The van der Waals surface area contributed by atoms with Gasteiger partial charge in [0.25, 0.3) is 0 Å². The summed E-state index contributed by atoms with van der Waals surface area (Å²) >= 11 is 3.41. The Morgan fingerprint density at radius 2 is 2.00 bits per heavy atom. The summed E-state index contributed by atoms with van der Waals surface area (Å²) in [5.74, 6) is 0.0447. The molecule has 0 N–H and O–H groups in total. The normalized spacial score (nSPS) is 15.4. The fraction of sp³-hybridized carbons (Fsp3) is 0.333. The summed E-state index contributed by atoms with van der Waals surface area (Å²) in [6.45, 7) is 2.65. The van der Waals surface area contributed by atoms with Crippen LogP contribution in [0.2, 0.25) is 0 Å². The minimum atomic E-state index is -0.0347. The van der Waals surface area contributed by atoms with Crippen molar-refractivity contribution in [2.75, 3.05) is 26.3 Å². The Morgan fingerprint density at radius 1 is 1.24 bits per heavy atom. The van der Waals surface area contributed by atoms with E-state index in [0.717, 1.165) is 9.99 Å². The van der Waals surface area contributed by atoms with Crippen molar-refractivity contribution < 1.29 is 9.53 Å². The SMILES string of the molecule is O=C(Cn1ccc(=O)c2ccc(Br)cc21)N1CCOCC1. The van der Waals surface area contributed by atoms with Crippen LogP contribution in [-0.2, 0) is 16.1 Å². The molecule has 0 unspecified atom stereocenters. The predicted molar refractivity (Wildman–Crippen MR) is 83.3 cm³/mol. The molecule has 2 heterocycles. The summed E-state index contributed by atoms with van der Waals surface area (Å²) in [5.41, 5.74) is 0.728. The average Bonchev–Trinajstić information content (AvgIpc) is 2.51. The topological polar surface area (TPSA) is 51.5 Å². The third-order valence-electron chi connectivity index (χ3n) is 3.61. The number of fused-ring (bicyclic) bond motifs is 1. The molecule has 0 aliphatic carbocycles. The molecule has 1 amide bonds. The molecule has 110 valence electrons. The van der Waals surface area contributed by atoms with E-state index < -0.39 is 0 Å². The van der Waals surface area contributed by atoms with Gasteiger partial charge in [0, 0.05) is 35.2 Å². The van der Waals surface area contributed by atoms with Gasteiger partial charge in [-0.25, -0.2) is 0 Å². The van der Waals surface area contributed by atoms with Gasteiger partial charge >= 0.3 is 0 Å². The Balaban J connectivity index is 1.93. The first-order valence-corrected chi connectivity index (χ1v) is 7.59. The lowest BCUT2D eigenvalue weighted by Gasteiger charge is -2.27. The van der Waals surface area contributed by atoms with E-state index in [4.69, 9.17) is 4.74 Å². The summed E-state index contributed by atoms with van der Waals surface area (Å²) in [7, 11) is 0. The maximum Gasteiger partial charge on any atom is 0.242 e. The summed E-state index contributed by atoms with van der Waals surface area (Å²) in [4.78, 5) is 26.0. The molecule has 0 atom stereocenters. The second-order valence-corrected chi connectivity index (χ2v) is 5.88. The van der Waals surface area contributed by atoms with Crippen LogP contribution >= 0.6 is 15.9 Å². The number of carbonyl (C=O) groups is 1. The number of pyridine rings is 1. The first-order chi connectivity index (χ1) is 10.1. The number of aromatic nitrogens is 1. The lowest BCUT2D eigenvalue weighted by Crippen LogP contribution is -2.42. The largest absolute Gasteiger partial charge is 0.378 e. The zero-order valence-corrected chi connectivity index (χ0v) is 13.0. The predicted octanol–water partition coefficient (Wildman–Crippen LogP) is 1.62. The number of amides is 1. The minimum Gasteiger partial charge on any atom is -0.378 e. The van der Waals surface area contributed by atoms with Crippen LogP contribution in [0.3, 0.4) is 0 Å². The Labute approximate surface area is 130 Å². The molecule has 0 radical (unpaired) electrons. The number of hydrogen-bond acceptors (Lipinski definition) is 3. The van der Waals surface area contributed by atoms with Gasteiger partial charge in [0.15, 0.2) is 5.43 Å². The molecule has 1 saturated heterocycles. The fourth-order valence-electron chi connectivity index (χ4n) is 2.47. The highest BCUT2D eigenvalue weighted by atomic mass is 79.9. The van der Waals surface area contributed by atoms with Crippen LogP contribution < -0.4 is 5.43 Å². The van der Waals surface area contributed by atoms with Crippen LogP contribution in [0.1, 0.15) is 0 Å². The molecule has 6 heteroatoms. The summed E-state index contributed by atoms with van der Waals surface area (Å²) in [5, 5.41) is 0.621. The van der Waals surface area contributed by atoms with Gasteiger partial charge in [-0.05, 0) is 18.2 Å². The number of ether oxygens (including phenoxy) is 1. The van der Waals surface area contributed by atoms with Gasteiger partial charge in [0.1, 0.15) is 6.54 Å². The van der Waals surface area contributed by atoms with Crippen molar-refractivity contribution in [3.63, 3.8) is 0 Å². The smallest absolute Gasteiger partial charge is 0.242 e. The average molecular weight is 351 g/mol. The van der Waals surface area contributed by atoms with Crippen molar-refractivity contribution in [2.24, 2.45) is 0 Å². The van der Waals surface area contributed by atoms with E-state index in [1.165, 1.54) is 6.07 Å². The first-order valence-electron chi connectivity index (χ1n) is 6.79. The standard InChI is InChI=1S/C15H15BrN2O3/c16-11-1-2-12-13(9-11)18(4-3-14(12)19)10-15(20)17-5-7-21-8-6-17/h1-4,9H,5-8,10H2. The first kappa shape index (κ1) is 14.3. The summed E-state index contributed by atoms with van der Waals surface area (Å²) < 4.78 is 7.95. The Bertz CT molecular complexity index is 735. The number of nitrogens with zero attached hydrogens (tertiary/aromatic N) is 2. The van der Waals surface area contributed by atoms with E-state index >= 15 is 0 Å². The second-order valence-electron chi connectivity index (χ2n) is 4.96. The van der Waals surface area contributed by atoms with E-state index in [1.54, 1.807) is 17.2 Å². The molecule has 1 aliphatic heterocycles. The Kier molecular flexibility index (Phi) is 4.07. The maximum atomic E-state index is 12.3. The number of morpholine rings is 1. The third-order valence-corrected chi connectivity index (χ3v) is 4.10. The molecule has 0 bridgehead atoms. The maximum absolute atomic E-state index is 12.3. The van der Waals surface area contributed by atoms with Gasteiger partial charge in [0.2, 0.25) is 5.91 Å². The minimum absolute atomic E-state index is 0.0347. The van der Waals surface area contributed by atoms with Crippen LogP contribution in [0.15, 0.2) is 39.7 Å². The van der Waals surface area contributed by atoms with Gasteiger partial charge in [0.05, 0.1) is 18.7 Å². The molecule has 0 saturated carbocycles. The molecule has 1 aromatic carbocycles. The third kappa shape index (κ3) is 3.01. The zero-order chi connectivity index (χ0) is 14.8. The Hall–Kier alpha value is -1.66. The van der Waals surface area contributed by atoms with Crippen molar-refractivity contribution in [1.82, 2.24) is 9.47 Å². The number of hydrogen-bond donors (Lipinski definition) is 0. The van der Waals surface area contributed by atoms with Crippen molar-refractivity contribution in [3.8, 4) is 0 Å². The molecule has 1 fully saturated rings. The summed E-state index contributed by atoms with van der Waals surface area (Å²) in [6.07, 6.45) is 1.68. The van der Waals surface area contributed by atoms with E-state index in [9.17, 15) is 9.59 Å². The lowest BCUT2D eigenvalue weighted by molar-refractivity contribution is -0.135. The van der Waals surface area contributed by atoms with Gasteiger partial charge < -0.3 is 14.2 Å². The second kappa shape index (κ2) is 5.99. The van der Waals surface area contributed by atoms with Gasteiger partial charge in [-0.3, -0.25) is 9.59 Å². The van der Waals surface area contributed by atoms with E-state index in [1.807, 2.05) is 16.7 Å². The number of carbonyl (C=O) groups excluding carboxylic acids is 1. The van der Waals surface area contributed by atoms with E-state index in [-0.39, 0.29) is 17.9 Å². The fourth-order valence-corrected chi connectivity index (χ4v) is 2.82. The van der Waals surface area contributed by atoms with E-state index in [0.29, 0.717) is 31.7 Å². The molecule has 1 aromatic heterocycles. The van der Waals surface area contributed by atoms with Gasteiger partial charge in [-0.15, -0.1) is 0 Å². The quantitative estimate of drug-likeness (QED) is 0.826. The highest BCUT2D eigenvalue weighted by Gasteiger charge is 2.17. The van der Waals surface area contributed by atoms with Crippen LogP contribution in [0.5, 0.6) is 0 Å². The molecule has 3 rings (SSSR count). The number of benzene rings is 1. The van der Waals surface area contributed by atoms with Gasteiger partial charge in [-0.1, -0.05) is 15.9 Å².